The van der Waals surface area contributed by atoms with Crippen LogP contribution in [0.15, 0.2) is 0 Å². The van der Waals surface area contributed by atoms with E-state index in [0.29, 0.717) is 0 Å². The molecule has 10 N–H and O–H groups in total. The van der Waals surface area contributed by atoms with E-state index in [1.807, 2.05) is 0 Å². The average Bonchev–Trinajstić information content (AvgIpc) is 2.03. The van der Waals surface area contributed by atoms with Crippen molar-refractivity contribution < 1.29 is 86.2 Å². The van der Waals surface area contributed by atoms with Gasteiger partial charge in [-0.25, -0.2) is 0 Å². The number of hydrogen-bond donors (Lipinski definition) is 0. The molecule has 0 aromatic rings. The maximum Gasteiger partial charge on any atom is 2.00 e. The predicted octanol–water partition coefficient (Wildman–Crippen LogP) is -9.73. The molecule has 0 aliphatic heterocycles. The van der Waals surface area contributed by atoms with E-state index in [9.17, 15) is 0 Å². The van der Waals surface area contributed by atoms with Gasteiger partial charge >= 0.3 is 58.8 Å². The molecule has 0 rings (SSSR count). The molecule has 0 atom stereocenters. The minimum absolute atomic E-state index is 0. The van der Waals surface area contributed by atoms with Crippen molar-refractivity contribution in [1.29, 1.82) is 21.0 Å². The van der Waals surface area contributed by atoms with Crippen molar-refractivity contribution in [2.75, 3.05) is 0 Å². The number of nitrogens with zero attached hydrogens (tertiary/aromatic N) is 4. The van der Waals surface area contributed by atoms with Gasteiger partial charge in [-0.2, -0.15) is 0 Å². The van der Waals surface area contributed by atoms with Gasteiger partial charge in [-0.1, -0.05) is 0 Å². The van der Waals surface area contributed by atoms with E-state index in [2.05, 4.69) is 0 Å². The Balaban J connectivity index is -0.00000000114. The Morgan fingerprint density at radius 1 is 0.375 bits per heavy atom. The molecule has 0 saturated carbocycles. The van der Waals surface area contributed by atoms with Gasteiger partial charge < -0.3 is 74.7 Å². The van der Waals surface area contributed by atoms with Gasteiger partial charge in [0.15, 0.2) is 0 Å². The molecule has 0 unspecified atom stereocenters. The van der Waals surface area contributed by atoms with Crippen LogP contribution in [0.25, 0.3) is 0 Å². The Bertz CT molecular complexity index is 77.4. The van der Waals surface area contributed by atoms with Gasteiger partial charge in [0.25, 0.3) is 0 Å². The number of rotatable bonds is 0. The summed E-state index contributed by atoms with van der Waals surface area (Å²) < 4.78 is 0. The Kier molecular flexibility index (Phi) is 338000. The van der Waals surface area contributed by atoms with E-state index in [0.717, 1.165) is 0 Å². The van der Waals surface area contributed by atoms with E-state index in [-0.39, 0.29) is 86.2 Å². The van der Waals surface area contributed by atoms with Crippen LogP contribution in [0.4, 0.5) is 0 Å². The number of hydrogen-bond acceptors (Lipinski definition) is 4. The smallest absolute Gasteiger partial charge is 0.512 e. The van der Waals surface area contributed by atoms with Crippen LogP contribution in [0, 0.1) is 47.3 Å². The molecule has 12 heteroatoms. The van der Waals surface area contributed by atoms with E-state index >= 15 is 0 Å². The second kappa shape index (κ2) is 21400. The first-order valence-corrected chi connectivity index (χ1v) is 0.894. The van der Waals surface area contributed by atoms with Crippen LogP contribution in [-0.4, -0.2) is 27.4 Å². The molecule has 0 spiro atoms. The average molecular weight is 403 g/mol. The zero-order valence-electron chi connectivity index (χ0n) is 8.61. The molecular formula is C4H10Li2N4O5Pt. The summed E-state index contributed by atoms with van der Waals surface area (Å²) >= 11 is 0. The van der Waals surface area contributed by atoms with Gasteiger partial charge in [-0.15, -0.1) is 0 Å². The first-order chi connectivity index (χ1) is 4.00. The van der Waals surface area contributed by atoms with Crippen LogP contribution in [0.1, 0.15) is 0 Å². The molecule has 9 nitrogen and oxygen atoms in total. The molecule has 0 aromatic carbocycles. The third-order valence-corrected chi connectivity index (χ3v) is 0. The fourth-order valence-electron chi connectivity index (χ4n) is 0. The van der Waals surface area contributed by atoms with Gasteiger partial charge in [0.05, 0.1) is 0 Å². The molecule has 88 valence electrons. The van der Waals surface area contributed by atoms with Gasteiger partial charge in [0, 0.05) is 0 Å². The first-order valence-electron chi connectivity index (χ1n) is 0.894. The quantitative estimate of drug-likeness (QED) is 0.282. The van der Waals surface area contributed by atoms with Gasteiger partial charge in [0.1, 0.15) is 0 Å². The minimum Gasteiger partial charge on any atom is -0.512 e. The molecule has 0 amide bonds. The third-order valence-electron chi connectivity index (χ3n) is 0. The molecule has 0 aromatic heterocycles. The summed E-state index contributed by atoms with van der Waals surface area (Å²) in [5.74, 6) is 0. The van der Waals surface area contributed by atoms with Crippen LogP contribution in [0.5, 0.6) is 0 Å². The Morgan fingerprint density at radius 2 is 0.375 bits per heavy atom. The summed E-state index contributed by atoms with van der Waals surface area (Å²) in [5.41, 5.74) is 0. The van der Waals surface area contributed by atoms with Crippen LogP contribution in [0.3, 0.4) is 0 Å². The van der Waals surface area contributed by atoms with E-state index in [1.54, 1.807) is 0 Å². The zero-order chi connectivity index (χ0) is 8.00. The van der Waals surface area contributed by atoms with Crippen LogP contribution in [-0.2, 0) is 21.1 Å². The van der Waals surface area contributed by atoms with Crippen molar-refractivity contribution in [2.45, 2.75) is 0 Å². The molecule has 0 radical (unpaired) electrons. The summed E-state index contributed by atoms with van der Waals surface area (Å²) in [4.78, 5) is 0. The fraction of sp³-hybridized carbons (Fsp3) is 0. The summed E-state index contributed by atoms with van der Waals surface area (Å²) in [6, 6.07) is 0. The van der Waals surface area contributed by atoms with Crippen molar-refractivity contribution in [3.63, 3.8) is 0 Å². The topological polar surface area (TPSA) is 253 Å². The van der Waals surface area contributed by atoms with Gasteiger partial charge in [-0.05, 0) is 0 Å². The summed E-state index contributed by atoms with van der Waals surface area (Å²) in [5, 5.41) is 25.0. The Hall–Kier alpha value is -0.357. The molecule has 0 aliphatic rings. The molecule has 0 fully saturated rings. The van der Waals surface area contributed by atoms with Gasteiger partial charge in [0.2, 0.25) is 0 Å². The molecular weight excluding hydrogens is 393 g/mol. The first kappa shape index (κ1) is 253. The molecule has 0 bridgehead atoms. The van der Waals surface area contributed by atoms with E-state index in [1.165, 1.54) is 0 Å². The van der Waals surface area contributed by atoms with Crippen LogP contribution < -0.4 is 37.7 Å². The van der Waals surface area contributed by atoms with Crippen molar-refractivity contribution in [2.24, 2.45) is 0 Å². The third kappa shape index (κ3) is 17100. The molecule has 0 aliphatic carbocycles. The molecule has 0 saturated heterocycles. The standard InChI is InChI=1S/4CN.2Li.5H2O.Pt/c4*1-2;;;;;;;;/h;;;;;;5*1H2;/q4*-1;2*+1;;;;;;+2. The van der Waals surface area contributed by atoms with Crippen molar-refractivity contribution in [3.05, 3.63) is 26.3 Å². The van der Waals surface area contributed by atoms with E-state index in [4.69, 9.17) is 47.3 Å². The molecule has 16 heavy (non-hydrogen) atoms. The second-order valence-corrected chi connectivity index (χ2v) is 0. The Morgan fingerprint density at radius 3 is 0.375 bits per heavy atom. The normalized spacial score (nSPS) is 0.500. The summed E-state index contributed by atoms with van der Waals surface area (Å²) in [6.45, 7) is 19.0. The second-order valence-electron chi connectivity index (χ2n) is 0. The molecule has 0 heterocycles. The largest absolute Gasteiger partial charge is 2.00 e. The van der Waals surface area contributed by atoms with Crippen molar-refractivity contribution >= 4 is 0 Å². The van der Waals surface area contributed by atoms with Gasteiger partial charge in [-0.3, -0.25) is 0 Å². The fourth-order valence-corrected chi connectivity index (χ4v) is 0. The summed E-state index contributed by atoms with van der Waals surface area (Å²) in [7, 11) is 0. The van der Waals surface area contributed by atoms with Crippen molar-refractivity contribution in [3.8, 4) is 0 Å². The predicted molar refractivity (Wildman–Crippen MR) is 37.9 cm³/mol. The maximum atomic E-state index is 6.25. The minimum atomic E-state index is 0. The van der Waals surface area contributed by atoms with E-state index < -0.39 is 0 Å². The maximum absolute atomic E-state index is 6.25. The Labute approximate surface area is 133 Å². The zero-order valence-corrected chi connectivity index (χ0v) is 10.9. The van der Waals surface area contributed by atoms with Crippen LogP contribution in [0.2, 0.25) is 0 Å². The monoisotopic (exact) mass is 403 g/mol. The SMILES string of the molecule is O.O.O.O.O.[C-]#N.[C-]#N.[C-]#N.[C-]#N.[Li+].[Li+].[Pt+2]. The van der Waals surface area contributed by atoms with Crippen molar-refractivity contribution in [1.82, 2.24) is 0 Å². The van der Waals surface area contributed by atoms with Crippen LogP contribution >= 0.6 is 0 Å². The summed E-state index contributed by atoms with van der Waals surface area (Å²) in [6.07, 6.45) is 0.